The molecule has 0 bridgehead atoms. The number of para-hydroxylation sites is 1. The summed E-state index contributed by atoms with van der Waals surface area (Å²) in [6.07, 6.45) is 7.38. The van der Waals surface area contributed by atoms with Crippen molar-refractivity contribution in [1.82, 2.24) is 10.3 Å². The van der Waals surface area contributed by atoms with Gasteiger partial charge in [-0.1, -0.05) is 25.1 Å². The van der Waals surface area contributed by atoms with Crippen LogP contribution in [0.1, 0.15) is 31.7 Å². The maximum atomic E-state index is 3.70. The Hall–Kier alpha value is -1.28. The van der Waals surface area contributed by atoms with Gasteiger partial charge in [-0.05, 0) is 49.8 Å². The van der Waals surface area contributed by atoms with Gasteiger partial charge >= 0.3 is 0 Å². The fourth-order valence-electron chi connectivity index (χ4n) is 3.14. The third-order valence-electron chi connectivity index (χ3n) is 4.20. The fraction of sp³-hybridized carbons (Fsp3) is 0.500. The van der Waals surface area contributed by atoms with Gasteiger partial charge in [-0.3, -0.25) is 0 Å². The van der Waals surface area contributed by atoms with Gasteiger partial charge in [-0.2, -0.15) is 0 Å². The molecule has 1 fully saturated rings. The molecule has 0 spiro atoms. The van der Waals surface area contributed by atoms with Crippen molar-refractivity contribution in [3.05, 3.63) is 36.0 Å². The van der Waals surface area contributed by atoms with Crippen LogP contribution in [0.2, 0.25) is 0 Å². The van der Waals surface area contributed by atoms with Crippen molar-refractivity contribution in [1.29, 1.82) is 0 Å². The van der Waals surface area contributed by atoms with Crippen LogP contribution >= 0.6 is 0 Å². The van der Waals surface area contributed by atoms with Crippen molar-refractivity contribution in [3.8, 4) is 0 Å². The van der Waals surface area contributed by atoms with E-state index < -0.39 is 0 Å². The van der Waals surface area contributed by atoms with Crippen LogP contribution in [0.25, 0.3) is 10.9 Å². The third kappa shape index (κ3) is 2.44. The average molecular weight is 242 g/mol. The number of fused-ring (bicyclic) bond motifs is 1. The zero-order chi connectivity index (χ0) is 12.4. The van der Waals surface area contributed by atoms with Crippen LogP contribution in [0, 0.1) is 5.92 Å². The topological polar surface area (TPSA) is 27.8 Å². The van der Waals surface area contributed by atoms with Crippen LogP contribution in [0.3, 0.4) is 0 Å². The van der Waals surface area contributed by atoms with E-state index >= 15 is 0 Å². The summed E-state index contributed by atoms with van der Waals surface area (Å²) in [4.78, 5) is 3.35. The highest BCUT2D eigenvalue weighted by atomic mass is 14.9. The van der Waals surface area contributed by atoms with Crippen molar-refractivity contribution in [3.63, 3.8) is 0 Å². The molecule has 0 radical (unpaired) electrons. The monoisotopic (exact) mass is 242 g/mol. The molecule has 2 unspecified atom stereocenters. The summed E-state index contributed by atoms with van der Waals surface area (Å²) in [6, 6.07) is 9.31. The van der Waals surface area contributed by atoms with Crippen molar-refractivity contribution in [2.45, 2.75) is 38.6 Å². The Morgan fingerprint density at radius 1 is 1.28 bits per heavy atom. The predicted molar refractivity (Wildman–Crippen MR) is 76.8 cm³/mol. The summed E-state index contributed by atoms with van der Waals surface area (Å²) in [7, 11) is 0. The number of benzene rings is 1. The van der Waals surface area contributed by atoms with Gasteiger partial charge in [0.25, 0.3) is 0 Å². The number of aromatic amines is 1. The molecule has 2 atom stereocenters. The van der Waals surface area contributed by atoms with Crippen LogP contribution in [0.4, 0.5) is 0 Å². The van der Waals surface area contributed by atoms with E-state index in [4.69, 9.17) is 0 Å². The third-order valence-corrected chi connectivity index (χ3v) is 4.20. The summed E-state index contributed by atoms with van der Waals surface area (Å²) in [5, 5.41) is 5.08. The fourth-order valence-corrected chi connectivity index (χ4v) is 3.14. The standard InChI is InChI=1S/C16H22N2/c1-12-6-7-14(10-12)17-9-8-13-11-18-16-5-3-2-4-15(13)16/h2-5,11-12,14,17-18H,6-10H2,1H3. The summed E-state index contributed by atoms with van der Waals surface area (Å²) >= 11 is 0. The van der Waals surface area contributed by atoms with Gasteiger partial charge in [-0.25, -0.2) is 0 Å². The first-order valence-corrected chi connectivity index (χ1v) is 7.11. The molecule has 0 saturated heterocycles. The largest absolute Gasteiger partial charge is 0.361 e. The van der Waals surface area contributed by atoms with Gasteiger partial charge in [0, 0.05) is 23.1 Å². The van der Waals surface area contributed by atoms with Gasteiger partial charge in [-0.15, -0.1) is 0 Å². The van der Waals surface area contributed by atoms with E-state index in [1.165, 1.54) is 35.7 Å². The molecule has 2 aromatic rings. The first-order valence-electron chi connectivity index (χ1n) is 7.11. The Morgan fingerprint density at radius 2 is 2.17 bits per heavy atom. The summed E-state index contributed by atoms with van der Waals surface area (Å²) in [6.45, 7) is 3.46. The van der Waals surface area contributed by atoms with Crippen LogP contribution in [-0.4, -0.2) is 17.6 Å². The molecule has 1 aromatic carbocycles. The zero-order valence-electron chi connectivity index (χ0n) is 11.1. The van der Waals surface area contributed by atoms with Crippen LogP contribution < -0.4 is 5.32 Å². The minimum Gasteiger partial charge on any atom is -0.361 e. The zero-order valence-corrected chi connectivity index (χ0v) is 11.1. The molecule has 2 nitrogen and oxygen atoms in total. The molecular formula is C16H22N2. The maximum absolute atomic E-state index is 3.70. The molecule has 0 amide bonds. The summed E-state index contributed by atoms with van der Waals surface area (Å²) in [5.41, 5.74) is 2.69. The van der Waals surface area contributed by atoms with E-state index in [-0.39, 0.29) is 0 Å². The number of hydrogen-bond donors (Lipinski definition) is 2. The van der Waals surface area contributed by atoms with E-state index in [9.17, 15) is 0 Å². The van der Waals surface area contributed by atoms with Crippen molar-refractivity contribution in [2.75, 3.05) is 6.54 Å². The molecule has 1 saturated carbocycles. The molecule has 1 aliphatic carbocycles. The minimum absolute atomic E-state index is 0.755. The van der Waals surface area contributed by atoms with E-state index in [1.54, 1.807) is 0 Å². The van der Waals surface area contributed by atoms with Gasteiger partial charge in [0.2, 0.25) is 0 Å². The lowest BCUT2D eigenvalue weighted by molar-refractivity contribution is 0.506. The van der Waals surface area contributed by atoms with Crippen LogP contribution in [0.15, 0.2) is 30.5 Å². The Bertz CT molecular complexity index is 515. The molecule has 1 aliphatic rings. The summed E-state index contributed by atoms with van der Waals surface area (Å²) < 4.78 is 0. The molecular weight excluding hydrogens is 220 g/mol. The Kier molecular flexibility index (Phi) is 3.37. The number of hydrogen-bond acceptors (Lipinski definition) is 1. The average Bonchev–Trinajstić information content (AvgIpc) is 2.97. The molecule has 0 aliphatic heterocycles. The van der Waals surface area contributed by atoms with Crippen molar-refractivity contribution < 1.29 is 0 Å². The van der Waals surface area contributed by atoms with Gasteiger partial charge in [0.1, 0.15) is 0 Å². The number of aromatic nitrogens is 1. The lowest BCUT2D eigenvalue weighted by atomic mass is 10.1. The highest BCUT2D eigenvalue weighted by Gasteiger charge is 2.20. The Morgan fingerprint density at radius 3 is 3.00 bits per heavy atom. The predicted octanol–water partition coefficient (Wildman–Crippen LogP) is 3.49. The second-order valence-corrected chi connectivity index (χ2v) is 5.68. The first kappa shape index (κ1) is 11.8. The normalized spacial score (nSPS) is 23.8. The highest BCUT2D eigenvalue weighted by molar-refractivity contribution is 5.83. The quantitative estimate of drug-likeness (QED) is 0.844. The molecule has 2 heteroatoms. The van der Waals surface area contributed by atoms with Gasteiger partial charge in [0.15, 0.2) is 0 Å². The lowest BCUT2D eigenvalue weighted by Crippen LogP contribution is -2.28. The van der Waals surface area contributed by atoms with Gasteiger partial charge in [0.05, 0.1) is 0 Å². The first-order chi connectivity index (χ1) is 8.83. The van der Waals surface area contributed by atoms with Crippen molar-refractivity contribution in [2.24, 2.45) is 5.92 Å². The minimum atomic E-state index is 0.755. The van der Waals surface area contributed by atoms with E-state index in [0.29, 0.717) is 0 Å². The summed E-state index contributed by atoms with van der Waals surface area (Å²) in [5.74, 6) is 0.913. The van der Waals surface area contributed by atoms with E-state index in [2.05, 4.69) is 47.7 Å². The number of H-pyrrole nitrogens is 1. The second-order valence-electron chi connectivity index (χ2n) is 5.68. The van der Waals surface area contributed by atoms with Gasteiger partial charge < -0.3 is 10.3 Å². The highest BCUT2D eigenvalue weighted by Crippen LogP contribution is 2.24. The maximum Gasteiger partial charge on any atom is 0.0456 e. The Labute approximate surface area is 109 Å². The smallest absolute Gasteiger partial charge is 0.0456 e. The Balaban J connectivity index is 1.57. The van der Waals surface area contributed by atoms with E-state index in [1.807, 2.05) is 0 Å². The molecule has 1 aromatic heterocycles. The number of nitrogens with one attached hydrogen (secondary N) is 2. The molecule has 3 rings (SSSR count). The number of rotatable bonds is 4. The molecule has 96 valence electrons. The SMILES string of the molecule is CC1CCC(NCCc2c[nH]c3ccccc23)C1. The lowest BCUT2D eigenvalue weighted by Gasteiger charge is -2.11. The molecule has 1 heterocycles. The molecule has 2 N–H and O–H groups in total. The second kappa shape index (κ2) is 5.15. The van der Waals surface area contributed by atoms with Crippen LogP contribution in [-0.2, 0) is 6.42 Å². The van der Waals surface area contributed by atoms with Crippen molar-refractivity contribution >= 4 is 10.9 Å². The van der Waals surface area contributed by atoms with Crippen LogP contribution in [0.5, 0.6) is 0 Å². The van der Waals surface area contributed by atoms with E-state index in [0.717, 1.165) is 24.9 Å². The molecule has 18 heavy (non-hydrogen) atoms.